The van der Waals surface area contributed by atoms with Crippen molar-refractivity contribution in [3.8, 4) is 0 Å². The predicted octanol–water partition coefficient (Wildman–Crippen LogP) is 4.49. The van der Waals surface area contributed by atoms with Crippen LogP contribution in [-0.4, -0.2) is 33.2 Å². The molecule has 0 radical (unpaired) electrons. The summed E-state index contributed by atoms with van der Waals surface area (Å²) in [4.78, 5) is 13.2. The Morgan fingerprint density at radius 1 is 0.724 bits per heavy atom. The fourth-order valence-corrected chi connectivity index (χ4v) is 2.49. The zero-order valence-electron chi connectivity index (χ0n) is 15.8. The summed E-state index contributed by atoms with van der Waals surface area (Å²) < 4.78 is 13.1. The molecule has 4 N–H and O–H groups in total. The van der Waals surface area contributed by atoms with Gasteiger partial charge in [0.25, 0.3) is 0 Å². The van der Waals surface area contributed by atoms with Crippen LogP contribution in [0.5, 0.6) is 0 Å². The molecule has 3 aromatic rings. The summed E-state index contributed by atoms with van der Waals surface area (Å²) in [5.74, 6) is 0.862. The van der Waals surface area contributed by atoms with Crippen LogP contribution in [0.1, 0.15) is 19.3 Å². The van der Waals surface area contributed by atoms with Crippen molar-refractivity contribution in [1.82, 2.24) is 15.0 Å². The number of unbranched alkanes of at least 4 members (excludes halogenated alkanes) is 2. The van der Waals surface area contributed by atoms with E-state index in [1.165, 1.54) is 12.1 Å². The molecule has 29 heavy (non-hydrogen) atoms. The predicted molar refractivity (Wildman–Crippen MR) is 116 cm³/mol. The maximum atomic E-state index is 13.1. The third-order valence-electron chi connectivity index (χ3n) is 3.88. The van der Waals surface area contributed by atoms with Crippen molar-refractivity contribution in [2.24, 2.45) is 0 Å². The molecule has 0 saturated carbocycles. The average molecular weight is 419 g/mol. The molecule has 2 aromatic carbocycles. The van der Waals surface area contributed by atoms with Gasteiger partial charge in [0.1, 0.15) is 5.82 Å². The van der Waals surface area contributed by atoms with E-state index < -0.39 is 0 Å². The SMILES string of the molecule is Cl.OCCCCCNc1nc(Nc2ccccc2)nc(Nc2ccc(F)cc2)n1. The first-order chi connectivity index (χ1) is 13.7. The first-order valence-corrected chi connectivity index (χ1v) is 9.18. The van der Waals surface area contributed by atoms with Crippen LogP contribution in [0.3, 0.4) is 0 Å². The third-order valence-corrected chi connectivity index (χ3v) is 3.88. The van der Waals surface area contributed by atoms with Gasteiger partial charge in [0, 0.05) is 24.5 Å². The Balaban J connectivity index is 0.00000300. The minimum absolute atomic E-state index is 0. The molecule has 0 unspecified atom stereocenters. The van der Waals surface area contributed by atoms with Crippen molar-refractivity contribution in [3.05, 3.63) is 60.4 Å². The number of hydrogen-bond acceptors (Lipinski definition) is 7. The van der Waals surface area contributed by atoms with Crippen LogP contribution in [0.2, 0.25) is 0 Å². The molecular weight excluding hydrogens is 395 g/mol. The molecular formula is C20H24ClFN6O. The highest BCUT2D eigenvalue weighted by atomic mass is 35.5. The second-order valence-electron chi connectivity index (χ2n) is 6.14. The van der Waals surface area contributed by atoms with Crippen LogP contribution >= 0.6 is 12.4 Å². The van der Waals surface area contributed by atoms with E-state index in [9.17, 15) is 4.39 Å². The number of nitrogens with one attached hydrogen (secondary N) is 3. The number of halogens is 2. The number of hydrogen-bond donors (Lipinski definition) is 4. The largest absolute Gasteiger partial charge is 0.396 e. The van der Waals surface area contributed by atoms with E-state index in [2.05, 4.69) is 30.9 Å². The summed E-state index contributed by atoms with van der Waals surface area (Å²) in [5.41, 5.74) is 1.53. The number of anilines is 5. The van der Waals surface area contributed by atoms with E-state index in [-0.39, 0.29) is 24.8 Å². The van der Waals surface area contributed by atoms with Gasteiger partial charge in [-0.05, 0) is 55.7 Å². The lowest BCUT2D eigenvalue weighted by Crippen LogP contribution is -2.10. The normalized spacial score (nSPS) is 10.1. The maximum absolute atomic E-state index is 13.1. The number of rotatable bonds is 10. The average Bonchev–Trinajstić information content (AvgIpc) is 2.70. The van der Waals surface area contributed by atoms with Gasteiger partial charge < -0.3 is 21.1 Å². The van der Waals surface area contributed by atoms with E-state index in [1.807, 2.05) is 30.3 Å². The molecule has 0 saturated heterocycles. The van der Waals surface area contributed by atoms with Crippen LogP contribution in [-0.2, 0) is 0 Å². The van der Waals surface area contributed by atoms with E-state index in [0.717, 1.165) is 24.9 Å². The van der Waals surface area contributed by atoms with E-state index in [0.29, 0.717) is 30.1 Å². The summed E-state index contributed by atoms with van der Waals surface area (Å²) in [6.45, 7) is 0.882. The minimum atomic E-state index is -0.308. The quantitative estimate of drug-likeness (QED) is 0.360. The Hall–Kier alpha value is -2.97. The molecule has 0 aliphatic carbocycles. The summed E-state index contributed by atoms with van der Waals surface area (Å²) in [6, 6.07) is 15.6. The zero-order chi connectivity index (χ0) is 19.6. The van der Waals surface area contributed by atoms with Crippen molar-refractivity contribution in [1.29, 1.82) is 0 Å². The highest BCUT2D eigenvalue weighted by Crippen LogP contribution is 2.19. The standard InChI is InChI=1S/C20H23FN6O.ClH/c21-15-9-11-17(12-10-15)24-20-26-18(22-13-5-2-6-14-28)25-19(27-20)23-16-7-3-1-4-8-16;/h1,3-4,7-12,28H,2,5-6,13-14H2,(H3,22,23,24,25,26,27);1H. The summed E-state index contributed by atoms with van der Waals surface area (Å²) in [6.07, 6.45) is 2.59. The fourth-order valence-electron chi connectivity index (χ4n) is 2.49. The summed E-state index contributed by atoms with van der Waals surface area (Å²) in [5, 5.41) is 18.3. The highest BCUT2D eigenvalue weighted by molar-refractivity contribution is 5.85. The molecule has 1 heterocycles. The Kier molecular flexibility index (Phi) is 9.07. The number of para-hydroxylation sites is 1. The monoisotopic (exact) mass is 418 g/mol. The molecule has 0 amide bonds. The van der Waals surface area contributed by atoms with Gasteiger partial charge in [-0.25, -0.2) is 4.39 Å². The Morgan fingerprint density at radius 2 is 1.31 bits per heavy atom. The number of nitrogens with zero attached hydrogens (tertiary/aromatic N) is 3. The van der Waals surface area contributed by atoms with Crippen LogP contribution in [0, 0.1) is 5.82 Å². The second kappa shape index (κ2) is 11.8. The molecule has 9 heteroatoms. The fraction of sp³-hybridized carbons (Fsp3) is 0.250. The van der Waals surface area contributed by atoms with Gasteiger partial charge in [0.15, 0.2) is 0 Å². The van der Waals surface area contributed by atoms with Crippen molar-refractivity contribution in [2.45, 2.75) is 19.3 Å². The van der Waals surface area contributed by atoms with Crippen molar-refractivity contribution < 1.29 is 9.50 Å². The smallest absolute Gasteiger partial charge is 0.233 e. The lowest BCUT2D eigenvalue weighted by Gasteiger charge is -2.11. The highest BCUT2D eigenvalue weighted by Gasteiger charge is 2.08. The van der Waals surface area contributed by atoms with Crippen molar-refractivity contribution >= 4 is 41.6 Å². The van der Waals surface area contributed by atoms with Gasteiger partial charge in [-0.2, -0.15) is 15.0 Å². The topological polar surface area (TPSA) is 95.0 Å². The first-order valence-electron chi connectivity index (χ1n) is 9.18. The maximum Gasteiger partial charge on any atom is 0.233 e. The van der Waals surface area contributed by atoms with E-state index >= 15 is 0 Å². The Labute approximate surface area is 175 Å². The van der Waals surface area contributed by atoms with E-state index in [1.54, 1.807) is 12.1 Å². The number of aromatic nitrogens is 3. The summed E-state index contributed by atoms with van der Waals surface area (Å²) in [7, 11) is 0. The van der Waals surface area contributed by atoms with Gasteiger partial charge >= 0.3 is 0 Å². The summed E-state index contributed by atoms with van der Waals surface area (Å²) >= 11 is 0. The molecule has 0 aliphatic heterocycles. The van der Waals surface area contributed by atoms with Crippen molar-refractivity contribution in [2.75, 3.05) is 29.1 Å². The first kappa shape index (κ1) is 22.3. The van der Waals surface area contributed by atoms with E-state index in [4.69, 9.17) is 5.11 Å². The molecule has 0 bridgehead atoms. The Morgan fingerprint density at radius 3 is 1.93 bits per heavy atom. The number of aliphatic hydroxyl groups is 1. The molecule has 0 fully saturated rings. The second-order valence-corrected chi connectivity index (χ2v) is 6.14. The molecule has 7 nitrogen and oxygen atoms in total. The zero-order valence-corrected chi connectivity index (χ0v) is 16.6. The van der Waals surface area contributed by atoms with Gasteiger partial charge in [0.05, 0.1) is 0 Å². The lowest BCUT2D eigenvalue weighted by molar-refractivity contribution is 0.283. The molecule has 0 atom stereocenters. The van der Waals surface area contributed by atoms with Gasteiger partial charge in [-0.15, -0.1) is 12.4 Å². The van der Waals surface area contributed by atoms with Gasteiger partial charge in [-0.3, -0.25) is 0 Å². The molecule has 0 spiro atoms. The van der Waals surface area contributed by atoms with Crippen LogP contribution in [0.15, 0.2) is 54.6 Å². The van der Waals surface area contributed by atoms with Gasteiger partial charge in [0.2, 0.25) is 17.8 Å². The van der Waals surface area contributed by atoms with Crippen LogP contribution in [0.25, 0.3) is 0 Å². The van der Waals surface area contributed by atoms with Crippen LogP contribution < -0.4 is 16.0 Å². The van der Waals surface area contributed by atoms with Gasteiger partial charge in [-0.1, -0.05) is 18.2 Å². The Bertz CT molecular complexity index is 867. The number of aliphatic hydroxyl groups excluding tert-OH is 1. The van der Waals surface area contributed by atoms with Crippen molar-refractivity contribution in [3.63, 3.8) is 0 Å². The third kappa shape index (κ3) is 7.52. The van der Waals surface area contributed by atoms with Crippen LogP contribution in [0.4, 0.5) is 33.6 Å². The molecule has 154 valence electrons. The molecule has 0 aliphatic rings. The number of benzene rings is 2. The minimum Gasteiger partial charge on any atom is -0.396 e. The molecule has 3 rings (SSSR count). The molecule has 1 aromatic heterocycles. The lowest BCUT2D eigenvalue weighted by atomic mass is 10.2.